The molecule has 0 aliphatic carbocycles. The normalized spacial score (nSPS) is 10.8. The smallest absolute Gasteiger partial charge is 0.258 e. The summed E-state index contributed by atoms with van der Waals surface area (Å²) in [4.78, 5) is 10.7. The highest BCUT2D eigenvalue weighted by atomic mass is 32.2. The van der Waals surface area contributed by atoms with E-state index in [4.69, 9.17) is 0 Å². The van der Waals surface area contributed by atoms with E-state index in [1.807, 2.05) is 32.0 Å². The van der Waals surface area contributed by atoms with Crippen LogP contribution in [0.3, 0.4) is 0 Å². The van der Waals surface area contributed by atoms with E-state index in [1.54, 1.807) is 22.9 Å². The number of benzene rings is 2. The molecule has 0 bridgehead atoms. The molecule has 0 aliphatic heterocycles. The molecule has 2 aromatic carbocycles. The van der Waals surface area contributed by atoms with Crippen molar-refractivity contribution in [2.24, 2.45) is 0 Å². The fourth-order valence-corrected chi connectivity index (χ4v) is 3.20. The van der Waals surface area contributed by atoms with Crippen LogP contribution in [0.2, 0.25) is 0 Å². The van der Waals surface area contributed by atoms with Crippen molar-refractivity contribution in [3.05, 3.63) is 69.3 Å². The van der Waals surface area contributed by atoms with Crippen molar-refractivity contribution in [3.8, 4) is 5.69 Å². The molecule has 0 atom stereocenters. The monoisotopic (exact) mass is 341 g/mol. The Kier molecular flexibility index (Phi) is 4.57. The minimum Gasteiger partial charge on any atom is -0.258 e. The van der Waals surface area contributed by atoms with Crippen LogP contribution >= 0.6 is 11.8 Å². The molecule has 3 aromatic rings. The Morgan fingerprint density at radius 2 is 2.00 bits per heavy atom. The van der Waals surface area contributed by atoms with Crippen molar-refractivity contribution in [2.75, 3.05) is 0 Å². The summed E-state index contributed by atoms with van der Waals surface area (Å²) in [5.74, 6) is 0.419. The van der Waals surface area contributed by atoms with Gasteiger partial charge in [0.1, 0.15) is 0 Å². The van der Waals surface area contributed by atoms with Gasteiger partial charge in [0.25, 0.3) is 5.69 Å². The number of para-hydroxylation sites is 1. The maximum Gasteiger partial charge on any atom is 0.273 e. The second-order valence-corrected chi connectivity index (χ2v) is 6.28. The largest absolute Gasteiger partial charge is 0.273 e. The highest BCUT2D eigenvalue weighted by Gasteiger charge is 2.16. The van der Waals surface area contributed by atoms with Crippen LogP contribution in [0.25, 0.3) is 5.69 Å². The molecule has 0 fully saturated rings. The van der Waals surface area contributed by atoms with Gasteiger partial charge >= 0.3 is 0 Å². The van der Waals surface area contributed by atoms with E-state index < -0.39 is 0 Å². The van der Waals surface area contributed by atoms with Gasteiger partial charge in [-0.3, -0.25) is 10.1 Å². The van der Waals surface area contributed by atoms with Crippen molar-refractivity contribution in [1.29, 1.82) is 0 Å². The number of nitro benzene ring substituents is 1. The van der Waals surface area contributed by atoms with Crippen molar-refractivity contribution in [3.63, 3.8) is 0 Å². The topological polar surface area (TPSA) is 86.7 Å². The van der Waals surface area contributed by atoms with Crippen molar-refractivity contribution in [1.82, 2.24) is 20.2 Å². The van der Waals surface area contributed by atoms with Crippen molar-refractivity contribution >= 4 is 17.4 Å². The summed E-state index contributed by atoms with van der Waals surface area (Å²) >= 11 is 1.37. The zero-order valence-electron chi connectivity index (χ0n) is 13.2. The van der Waals surface area contributed by atoms with Crippen LogP contribution in [0.5, 0.6) is 0 Å². The number of nitrogens with zero attached hydrogens (tertiary/aromatic N) is 5. The number of tetrazole rings is 1. The molecule has 0 spiro atoms. The first-order valence-electron chi connectivity index (χ1n) is 7.27. The number of rotatable bonds is 5. The van der Waals surface area contributed by atoms with Crippen LogP contribution in [-0.4, -0.2) is 25.1 Å². The molecule has 122 valence electrons. The van der Waals surface area contributed by atoms with E-state index in [0.717, 1.165) is 16.8 Å². The van der Waals surface area contributed by atoms with E-state index in [2.05, 4.69) is 15.5 Å². The van der Waals surface area contributed by atoms with E-state index in [-0.39, 0.29) is 10.6 Å². The second kappa shape index (κ2) is 6.79. The third-order valence-electron chi connectivity index (χ3n) is 3.58. The predicted molar refractivity (Wildman–Crippen MR) is 91.3 cm³/mol. The zero-order valence-corrected chi connectivity index (χ0v) is 14.0. The van der Waals surface area contributed by atoms with Gasteiger partial charge < -0.3 is 0 Å². The minimum absolute atomic E-state index is 0.107. The zero-order chi connectivity index (χ0) is 17.1. The second-order valence-electron chi connectivity index (χ2n) is 5.34. The summed E-state index contributed by atoms with van der Waals surface area (Å²) in [5, 5.41) is 23.6. The molecule has 7 nitrogen and oxygen atoms in total. The molecule has 0 saturated heterocycles. The van der Waals surface area contributed by atoms with Crippen LogP contribution < -0.4 is 0 Å². The van der Waals surface area contributed by atoms with E-state index in [9.17, 15) is 10.1 Å². The number of hydrogen-bond acceptors (Lipinski definition) is 6. The third kappa shape index (κ3) is 3.28. The van der Waals surface area contributed by atoms with Crippen molar-refractivity contribution in [2.45, 2.75) is 24.8 Å². The summed E-state index contributed by atoms with van der Waals surface area (Å²) in [6.45, 7) is 4.00. The maximum atomic E-state index is 11.1. The molecule has 3 rings (SSSR count). The fraction of sp³-hybridized carbons (Fsp3) is 0.188. The summed E-state index contributed by atoms with van der Waals surface area (Å²) in [5.41, 5.74) is 3.82. The molecular formula is C16H15N5O2S. The molecule has 0 N–H and O–H groups in total. The molecule has 0 unspecified atom stereocenters. The van der Waals surface area contributed by atoms with E-state index >= 15 is 0 Å². The fourth-order valence-electron chi connectivity index (χ4n) is 2.32. The molecule has 24 heavy (non-hydrogen) atoms. The Bertz CT molecular complexity index is 894. The van der Waals surface area contributed by atoms with Crippen LogP contribution in [0.15, 0.2) is 47.6 Å². The Hall–Kier alpha value is -2.74. The lowest BCUT2D eigenvalue weighted by Crippen LogP contribution is -2.02. The Morgan fingerprint density at radius 1 is 1.21 bits per heavy atom. The van der Waals surface area contributed by atoms with E-state index in [0.29, 0.717) is 16.5 Å². The van der Waals surface area contributed by atoms with E-state index in [1.165, 1.54) is 17.8 Å². The summed E-state index contributed by atoms with van der Waals surface area (Å²) in [6.07, 6.45) is 0. The SMILES string of the molecule is Cc1ccc(C)c(-n2nnnc2SCc2ccccc2[N+](=O)[O-])c1. The number of thioether (sulfide) groups is 1. The molecule has 8 heteroatoms. The van der Waals surface area contributed by atoms with Gasteiger partial charge in [0.2, 0.25) is 5.16 Å². The Balaban J connectivity index is 1.87. The number of aryl methyl sites for hydroxylation is 2. The van der Waals surface area contributed by atoms with Crippen LogP contribution in [0.1, 0.15) is 16.7 Å². The maximum absolute atomic E-state index is 11.1. The Labute approximate surface area is 142 Å². The van der Waals surface area contributed by atoms with Gasteiger partial charge in [-0.05, 0) is 41.5 Å². The number of aromatic nitrogens is 4. The lowest BCUT2D eigenvalue weighted by molar-refractivity contribution is -0.385. The predicted octanol–water partition coefficient (Wildman–Crippen LogP) is 3.48. The van der Waals surface area contributed by atoms with Crippen LogP contribution in [0.4, 0.5) is 5.69 Å². The van der Waals surface area contributed by atoms with Gasteiger partial charge in [0, 0.05) is 17.4 Å². The highest BCUT2D eigenvalue weighted by Crippen LogP contribution is 2.28. The van der Waals surface area contributed by atoms with Gasteiger partial charge in [-0.2, -0.15) is 4.68 Å². The molecule has 0 amide bonds. The molecule has 0 saturated carbocycles. The Morgan fingerprint density at radius 3 is 2.79 bits per heavy atom. The molecule has 1 heterocycles. The quantitative estimate of drug-likeness (QED) is 0.401. The van der Waals surface area contributed by atoms with Crippen LogP contribution in [-0.2, 0) is 5.75 Å². The number of hydrogen-bond donors (Lipinski definition) is 0. The lowest BCUT2D eigenvalue weighted by atomic mass is 10.1. The average molecular weight is 341 g/mol. The first-order chi connectivity index (χ1) is 11.6. The van der Waals surface area contributed by atoms with Gasteiger partial charge in [-0.15, -0.1) is 5.10 Å². The standard InChI is InChI=1S/C16H15N5O2S/c1-11-7-8-12(2)15(9-11)20-16(17-18-19-20)24-10-13-5-3-4-6-14(13)21(22)23/h3-9H,10H2,1-2H3. The summed E-state index contributed by atoms with van der Waals surface area (Å²) < 4.78 is 1.67. The minimum atomic E-state index is -0.371. The van der Waals surface area contributed by atoms with Crippen LogP contribution in [0, 0.1) is 24.0 Å². The molecular weight excluding hydrogens is 326 g/mol. The van der Waals surface area contributed by atoms with Gasteiger partial charge in [0.05, 0.1) is 10.6 Å². The van der Waals surface area contributed by atoms with Crippen molar-refractivity contribution < 1.29 is 4.92 Å². The first-order valence-corrected chi connectivity index (χ1v) is 8.26. The highest BCUT2D eigenvalue weighted by molar-refractivity contribution is 7.98. The van der Waals surface area contributed by atoms with Gasteiger partial charge in [-0.25, -0.2) is 0 Å². The number of nitro groups is 1. The summed E-state index contributed by atoms with van der Waals surface area (Å²) in [6, 6.07) is 12.8. The summed E-state index contributed by atoms with van der Waals surface area (Å²) in [7, 11) is 0. The average Bonchev–Trinajstić information content (AvgIpc) is 3.03. The lowest BCUT2D eigenvalue weighted by Gasteiger charge is -2.08. The van der Waals surface area contributed by atoms with Gasteiger partial charge in [0.15, 0.2) is 0 Å². The third-order valence-corrected chi connectivity index (χ3v) is 4.55. The molecule has 1 aromatic heterocycles. The first kappa shape index (κ1) is 16.1. The molecule has 0 aliphatic rings. The van der Waals surface area contributed by atoms with Gasteiger partial charge in [-0.1, -0.05) is 42.1 Å². The molecule has 0 radical (unpaired) electrons.